The molecular formula is C12H12ClNOS2. The summed E-state index contributed by atoms with van der Waals surface area (Å²) >= 11 is 11.7. The van der Waals surface area contributed by atoms with Gasteiger partial charge >= 0.3 is 0 Å². The normalized spacial score (nSPS) is 10.5. The molecule has 0 saturated heterocycles. The molecule has 2 aromatic rings. The predicted octanol–water partition coefficient (Wildman–Crippen LogP) is 4.11. The Morgan fingerprint density at radius 3 is 2.65 bits per heavy atom. The van der Waals surface area contributed by atoms with Gasteiger partial charge < -0.3 is 4.74 Å². The van der Waals surface area contributed by atoms with Gasteiger partial charge in [0.1, 0.15) is 17.4 Å². The first-order valence-corrected chi connectivity index (χ1v) is 6.96. The molecule has 1 aromatic carbocycles. The van der Waals surface area contributed by atoms with Crippen molar-refractivity contribution >= 4 is 35.6 Å². The van der Waals surface area contributed by atoms with E-state index in [0.29, 0.717) is 11.6 Å². The summed E-state index contributed by atoms with van der Waals surface area (Å²) in [5.41, 5.74) is 1.04. The van der Waals surface area contributed by atoms with Crippen molar-refractivity contribution in [1.82, 2.24) is 4.98 Å². The lowest BCUT2D eigenvalue weighted by atomic mass is 10.3. The van der Waals surface area contributed by atoms with Crippen LogP contribution in [-0.2, 0) is 12.4 Å². The standard InChI is InChI=1S/C12H12ClNOS2/c1-8-11(7-16)17-12(14-8)6-15-10-4-2-9(13)3-5-10/h2-5,16H,6-7H2,1H3. The number of halogens is 1. The van der Waals surface area contributed by atoms with Crippen molar-refractivity contribution in [3.8, 4) is 5.75 Å². The molecule has 17 heavy (non-hydrogen) atoms. The maximum Gasteiger partial charge on any atom is 0.140 e. The minimum absolute atomic E-state index is 0.487. The van der Waals surface area contributed by atoms with Crippen LogP contribution in [0.1, 0.15) is 15.6 Å². The number of ether oxygens (including phenoxy) is 1. The molecule has 0 atom stereocenters. The molecule has 1 aromatic heterocycles. The number of aryl methyl sites for hydroxylation is 1. The number of rotatable bonds is 4. The van der Waals surface area contributed by atoms with Crippen LogP contribution < -0.4 is 4.74 Å². The van der Waals surface area contributed by atoms with Crippen LogP contribution in [0.5, 0.6) is 5.75 Å². The first kappa shape index (κ1) is 12.7. The lowest BCUT2D eigenvalue weighted by Gasteiger charge is -2.03. The SMILES string of the molecule is Cc1nc(COc2ccc(Cl)cc2)sc1CS. The quantitative estimate of drug-likeness (QED) is 0.854. The zero-order valence-electron chi connectivity index (χ0n) is 9.31. The fourth-order valence-electron chi connectivity index (χ4n) is 1.37. The molecule has 0 amide bonds. The Bertz CT molecular complexity index is 496. The average molecular weight is 286 g/mol. The first-order chi connectivity index (χ1) is 8.19. The molecule has 0 aliphatic heterocycles. The van der Waals surface area contributed by atoms with Gasteiger partial charge in [-0.3, -0.25) is 0 Å². The van der Waals surface area contributed by atoms with Gasteiger partial charge in [0.2, 0.25) is 0 Å². The second-order valence-corrected chi connectivity index (χ2v) is 5.44. The molecular weight excluding hydrogens is 274 g/mol. The summed E-state index contributed by atoms with van der Waals surface area (Å²) in [6, 6.07) is 7.32. The van der Waals surface area contributed by atoms with Crippen LogP contribution in [0.25, 0.3) is 0 Å². The Balaban J connectivity index is 1.99. The van der Waals surface area contributed by atoms with E-state index < -0.39 is 0 Å². The molecule has 0 fully saturated rings. The smallest absolute Gasteiger partial charge is 0.140 e. The molecule has 5 heteroatoms. The van der Waals surface area contributed by atoms with E-state index in [0.717, 1.165) is 22.2 Å². The van der Waals surface area contributed by atoms with E-state index in [2.05, 4.69) is 17.6 Å². The van der Waals surface area contributed by atoms with Crippen LogP contribution in [0.2, 0.25) is 5.02 Å². The summed E-state index contributed by atoms with van der Waals surface area (Å²) in [6.07, 6.45) is 0. The molecule has 0 saturated carbocycles. The van der Waals surface area contributed by atoms with Crippen LogP contribution in [0.3, 0.4) is 0 Å². The third-order valence-electron chi connectivity index (χ3n) is 2.26. The van der Waals surface area contributed by atoms with Crippen LogP contribution in [0.4, 0.5) is 0 Å². The Kier molecular flexibility index (Phi) is 4.31. The highest BCUT2D eigenvalue weighted by molar-refractivity contribution is 7.79. The number of aromatic nitrogens is 1. The molecule has 0 unspecified atom stereocenters. The molecule has 90 valence electrons. The van der Waals surface area contributed by atoms with Crippen molar-refractivity contribution in [2.75, 3.05) is 0 Å². The third kappa shape index (κ3) is 3.37. The summed E-state index contributed by atoms with van der Waals surface area (Å²) in [7, 11) is 0. The van der Waals surface area contributed by atoms with E-state index in [1.807, 2.05) is 31.2 Å². The Hall–Kier alpha value is -0.710. The Morgan fingerprint density at radius 2 is 2.06 bits per heavy atom. The fourth-order valence-corrected chi connectivity index (χ4v) is 2.76. The Labute approximate surface area is 115 Å². The highest BCUT2D eigenvalue weighted by Crippen LogP contribution is 2.22. The largest absolute Gasteiger partial charge is 0.486 e. The molecule has 0 radical (unpaired) electrons. The second kappa shape index (κ2) is 5.76. The summed E-state index contributed by atoms with van der Waals surface area (Å²) in [5, 5.41) is 1.68. The van der Waals surface area contributed by atoms with Crippen molar-refractivity contribution in [2.45, 2.75) is 19.3 Å². The van der Waals surface area contributed by atoms with Gasteiger partial charge in [0.15, 0.2) is 0 Å². The number of hydrogen-bond donors (Lipinski definition) is 1. The topological polar surface area (TPSA) is 22.1 Å². The molecule has 2 rings (SSSR count). The molecule has 0 spiro atoms. The molecule has 0 bridgehead atoms. The Morgan fingerprint density at radius 1 is 1.35 bits per heavy atom. The van der Waals surface area contributed by atoms with Gasteiger partial charge in [0.25, 0.3) is 0 Å². The van der Waals surface area contributed by atoms with Crippen molar-refractivity contribution in [2.24, 2.45) is 0 Å². The van der Waals surface area contributed by atoms with Crippen LogP contribution in [0.15, 0.2) is 24.3 Å². The lowest BCUT2D eigenvalue weighted by molar-refractivity contribution is 0.305. The lowest BCUT2D eigenvalue weighted by Crippen LogP contribution is -1.94. The number of thiol groups is 1. The minimum atomic E-state index is 0.487. The van der Waals surface area contributed by atoms with Gasteiger partial charge in [-0.05, 0) is 31.2 Å². The molecule has 2 nitrogen and oxygen atoms in total. The van der Waals surface area contributed by atoms with E-state index in [9.17, 15) is 0 Å². The van der Waals surface area contributed by atoms with Crippen molar-refractivity contribution in [3.63, 3.8) is 0 Å². The van der Waals surface area contributed by atoms with Gasteiger partial charge in [-0.2, -0.15) is 12.6 Å². The first-order valence-electron chi connectivity index (χ1n) is 5.13. The number of thiazole rings is 1. The number of nitrogens with zero attached hydrogens (tertiary/aromatic N) is 1. The van der Waals surface area contributed by atoms with Crippen LogP contribution in [0, 0.1) is 6.92 Å². The zero-order chi connectivity index (χ0) is 12.3. The summed E-state index contributed by atoms with van der Waals surface area (Å²) < 4.78 is 5.62. The average Bonchev–Trinajstić information content (AvgIpc) is 2.69. The van der Waals surface area contributed by atoms with E-state index in [-0.39, 0.29) is 0 Å². The van der Waals surface area contributed by atoms with E-state index in [4.69, 9.17) is 16.3 Å². The number of hydrogen-bond acceptors (Lipinski definition) is 4. The van der Waals surface area contributed by atoms with Crippen molar-refractivity contribution in [1.29, 1.82) is 0 Å². The van der Waals surface area contributed by atoms with Gasteiger partial charge in [0, 0.05) is 15.7 Å². The van der Waals surface area contributed by atoms with Gasteiger partial charge in [-0.1, -0.05) is 11.6 Å². The van der Waals surface area contributed by atoms with E-state index in [1.54, 1.807) is 11.3 Å². The summed E-state index contributed by atoms with van der Waals surface area (Å²) in [5.74, 6) is 1.53. The number of benzene rings is 1. The molecule has 1 heterocycles. The van der Waals surface area contributed by atoms with Crippen LogP contribution >= 0.6 is 35.6 Å². The maximum atomic E-state index is 5.80. The summed E-state index contributed by atoms with van der Waals surface area (Å²) in [6.45, 7) is 2.48. The molecule has 0 aliphatic carbocycles. The minimum Gasteiger partial charge on any atom is -0.486 e. The van der Waals surface area contributed by atoms with E-state index in [1.165, 1.54) is 4.88 Å². The highest BCUT2D eigenvalue weighted by atomic mass is 35.5. The third-order valence-corrected chi connectivity index (χ3v) is 4.17. The van der Waals surface area contributed by atoms with Crippen molar-refractivity contribution < 1.29 is 4.74 Å². The van der Waals surface area contributed by atoms with Gasteiger partial charge in [-0.25, -0.2) is 4.98 Å². The van der Waals surface area contributed by atoms with E-state index >= 15 is 0 Å². The molecule has 0 aliphatic rings. The van der Waals surface area contributed by atoms with Gasteiger partial charge in [0.05, 0.1) is 5.69 Å². The fraction of sp³-hybridized carbons (Fsp3) is 0.250. The zero-order valence-corrected chi connectivity index (χ0v) is 11.8. The monoisotopic (exact) mass is 285 g/mol. The highest BCUT2D eigenvalue weighted by Gasteiger charge is 2.06. The maximum absolute atomic E-state index is 5.80. The predicted molar refractivity (Wildman–Crippen MR) is 75.3 cm³/mol. The summed E-state index contributed by atoms with van der Waals surface area (Å²) in [4.78, 5) is 5.63. The van der Waals surface area contributed by atoms with Crippen LogP contribution in [-0.4, -0.2) is 4.98 Å². The van der Waals surface area contributed by atoms with Gasteiger partial charge in [-0.15, -0.1) is 11.3 Å². The second-order valence-electron chi connectivity index (χ2n) is 3.52. The van der Waals surface area contributed by atoms with Crippen molar-refractivity contribution in [3.05, 3.63) is 44.9 Å². The molecule has 0 N–H and O–H groups in total.